The standard InChI is InChI=1S/C76H62N2/c1-49(2)57-39-37-51(5)67(45-57)77(59-33-21-11-22-34-59)61-41-43-63-65(47-61)71(55-29-17-9-18-30-55)75-73(69(63)53-25-13-7-14-26-53)76-72(56-31-19-10-20-32-56)66-48-62(42-44-64(66)70(74(75)76)54-27-15-8-16-28-54)78(60-35-23-12-24-36-60)68-46-58(50(3)4)40-38-52(68)6/h7-50H,1-6H3. The molecule has 1 aliphatic rings. The Hall–Kier alpha value is -9.24. The average Bonchev–Trinajstić information content (AvgIpc) is 2.99. The first-order chi connectivity index (χ1) is 38.2. The molecule has 376 valence electrons. The van der Waals surface area contributed by atoms with Crippen molar-refractivity contribution in [1.29, 1.82) is 0 Å². The minimum Gasteiger partial charge on any atom is -0.310 e. The molecule has 2 nitrogen and oxygen atoms in total. The van der Waals surface area contributed by atoms with Crippen LogP contribution < -0.4 is 9.80 Å². The number of rotatable bonds is 12. The Balaban J connectivity index is 1.18. The number of hydrogen-bond acceptors (Lipinski definition) is 2. The highest BCUT2D eigenvalue weighted by Gasteiger charge is 2.39. The number of hydrogen-bond donors (Lipinski definition) is 0. The summed E-state index contributed by atoms with van der Waals surface area (Å²) in [6, 6.07) is 94.9. The molecular weight excluding hydrogens is 941 g/mol. The van der Waals surface area contributed by atoms with Gasteiger partial charge in [0.15, 0.2) is 0 Å². The Bertz CT molecular complexity index is 3890. The molecule has 0 N–H and O–H groups in total. The molecule has 0 spiro atoms. The second-order valence-corrected chi connectivity index (χ2v) is 21.7. The van der Waals surface area contributed by atoms with E-state index in [-0.39, 0.29) is 0 Å². The molecular formula is C76H62N2. The fourth-order valence-corrected chi connectivity index (χ4v) is 12.2. The second kappa shape index (κ2) is 20.0. The predicted octanol–water partition coefficient (Wildman–Crippen LogP) is 22.1. The zero-order valence-corrected chi connectivity index (χ0v) is 45.3. The first-order valence-electron chi connectivity index (χ1n) is 27.6. The summed E-state index contributed by atoms with van der Waals surface area (Å²) in [6.07, 6.45) is 0. The third-order valence-electron chi connectivity index (χ3n) is 16.2. The summed E-state index contributed by atoms with van der Waals surface area (Å²) in [5.74, 6) is 0.762. The molecule has 0 bridgehead atoms. The van der Waals surface area contributed by atoms with E-state index < -0.39 is 0 Å². The van der Waals surface area contributed by atoms with Gasteiger partial charge in [-0.05, 0) is 197 Å². The lowest BCUT2D eigenvalue weighted by Gasteiger charge is -2.38. The smallest absolute Gasteiger partial charge is 0.0493 e. The lowest BCUT2D eigenvalue weighted by atomic mass is 9.65. The molecule has 0 heterocycles. The van der Waals surface area contributed by atoms with Crippen molar-refractivity contribution in [2.45, 2.75) is 53.4 Å². The van der Waals surface area contributed by atoms with Crippen molar-refractivity contribution in [2.24, 2.45) is 0 Å². The maximum Gasteiger partial charge on any atom is 0.0493 e. The number of benzene rings is 12. The number of fused-ring (bicyclic) bond motifs is 6. The molecule has 0 aromatic heterocycles. The van der Waals surface area contributed by atoms with E-state index in [4.69, 9.17) is 0 Å². The molecule has 2 heteroatoms. The van der Waals surface area contributed by atoms with E-state index in [1.54, 1.807) is 0 Å². The third-order valence-corrected chi connectivity index (χ3v) is 16.2. The normalized spacial score (nSPS) is 11.7. The summed E-state index contributed by atoms with van der Waals surface area (Å²) in [4.78, 5) is 4.94. The van der Waals surface area contributed by atoms with E-state index in [0.29, 0.717) is 11.8 Å². The lowest BCUT2D eigenvalue weighted by molar-refractivity contribution is 0.865. The highest BCUT2D eigenvalue weighted by molar-refractivity contribution is 6.33. The maximum absolute atomic E-state index is 2.49. The van der Waals surface area contributed by atoms with Crippen LogP contribution in [-0.4, -0.2) is 0 Å². The van der Waals surface area contributed by atoms with E-state index in [0.717, 1.165) is 22.7 Å². The molecule has 12 aromatic carbocycles. The van der Waals surface area contributed by atoms with Gasteiger partial charge in [0.1, 0.15) is 0 Å². The zero-order valence-electron chi connectivity index (χ0n) is 45.3. The van der Waals surface area contributed by atoms with Crippen LogP contribution in [-0.2, 0) is 0 Å². The molecule has 0 aliphatic heterocycles. The second-order valence-electron chi connectivity index (χ2n) is 21.7. The zero-order chi connectivity index (χ0) is 53.0. The molecule has 78 heavy (non-hydrogen) atoms. The minimum atomic E-state index is 0.381. The maximum atomic E-state index is 2.49. The number of aryl methyl sites for hydroxylation is 2. The van der Waals surface area contributed by atoms with E-state index in [9.17, 15) is 0 Å². The predicted molar refractivity (Wildman–Crippen MR) is 335 cm³/mol. The van der Waals surface area contributed by atoms with Crippen LogP contribution in [0, 0.1) is 13.8 Å². The van der Waals surface area contributed by atoms with Gasteiger partial charge in [0.05, 0.1) is 0 Å². The Labute approximate surface area is 460 Å². The molecule has 0 amide bonds. The van der Waals surface area contributed by atoms with Crippen molar-refractivity contribution in [3.05, 3.63) is 277 Å². The molecule has 0 unspecified atom stereocenters. The fourth-order valence-electron chi connectivity index (χ4n) is 12.2. The largest absolute Gasteiger partial charge is 0.310 e. The van der Waals surface area contributed by atoms with Gasteiger partial charge in [-0.25, -0.2) is 0 Å². The van der Waals surface area contributed by atoms with E-state index in [1.165, 1.54) is 122 Å². The third kappa shape index (κ3) is 8.28. The lowest BCUT2D eigenvalue weighted by Crippen LogP contribution is -2.13. The summed E-state index contributed by atoms with van der Waals surface area (Å²) in [6.45, 7) is 13.6. The van der Waals surface area contributed by atoms with Crippen molar-refractivity contribution in [3.8, 4) is 66.8 Å². The molecule has 1 aliphatic carbocycles. The molecule has 13 rings (SSSR count). The van der Waals surface area contributed by atoms with Crippen molar-refractivity contribution in [1.82, 2.24) is 0 Å². The average molecular weight is 1000 g/mol. The van der Waals surface area contributed by atoms with Gasteiger partial charge < -0.3 is 9.80 Å². The Morgan fingerprint density at radius 2 is 0.526 bits per heavy atom. The quantitative estimate of drug-likeness (QED) is 0.120. The minimum absolute atomic E-state index is 0.381. The summed E-state index contributed by atoms with van der Waals surface area (Å²) >= 11 is 0. The van der Waals surface area contributed by atoms with Crippen LogP contribution in [0.4, 0.5) is 34.1 Å². The van der Waals surface area contributed by atoms with E-state index in [1.807, 2.05) is 0 Å². The number of anilines is 6. The van der Waals surface area contributed by atoms with Crippen LogP contribution in [0.2, 0.25) is 0 Å². The van der Waals surface area contributed by atoms with E-state index >= 15 is 0 Å². The van der Waals surface area contributed by atoms with Gasteiger partial charge in [-0.1, -0.05) is 222 Å². The molecule has 0 fully saturated rings. The Morgan fingerprint density at radius 1 is 0.244 bits per heavy atom. The van der Waals surface area contributed by atoms with Crippen molar-refractivity contribution in [2.75, 3.05) is 9.80 Å². The summed E-state index contributed by atoms with van der Waals surface area (Å²) in [5, 5.41) is 4.88. The Kier molecular flexibility index (Phi) is 12.4. The highest BCUT2D eigenvalue weighted by atomic mass is 15.1. The summed E-state index contributed by atoms with van der Waals surface area (Å²) in [7, 11) is 0. The molecule has 0 saturated carbocycles. The van der Waals surface area contributed by atoms with Crippen LogP contribution in [0.25, 0.3) is 88.3 Å². The van der Waals surface area contributed by atoms with Gasteiger partial charge in [-0.2, -0.15) is 0 Å². The van der Waals surface area contributed by atoms with Gasteiger partial charge in [0, 0.05) is 34.1 Å². The van der Waals surface area contributed by atoms with Crippen molar-refractivity contribution in [3.63, 3.8) is 0 Å². The number of para-hydroxylation sites is 2. The van der Waals surface area contributed by atoms with Crippen LogP contribution >= 0.6 is 0 Å². The van der Waals surface area contributed by atoms with Crippen LogP contribution in [0.5, 0.6) is 0 Å². The molecule has 0 radical (unpaired) electrons. The van der Waals surface area contributed by atoms with Crippen molar-refractivity contribution < 1.29 is 0 Å². The molecule has 0 saturated heterocycles. The molecule has 12 aromatic rings. The van der Waals surface area contributed by atoms with Gasteiger partial charge in [0.25, 0.3) is 0 Å². The number of nitrogens with zero attached hydrogens (tertiary/aromatic N) is 2. The van der Waals surface area contributed by atoms with Gasteiger partial charge in [-0.3, -0.25) is 0 Å². The molecule has 0 atom stereocenters. The van der Waals surface area contributed by atoms with Gasteiger partial charge in [0.2, 0.25) is 0 Å². The summed E-state index contributed by atoms with van der Waals surface area (Å²) < 4.78 is 0. The SMILES string of the molecule is Cc1ccc(C(C)C)cc1N(c1ccccc1)c1ccc2c(-c3ccccc3)c3c(c(-c4ccccc4)c2c1)-c1c-3c(-c2ccccc2)c2cc(N(c3ccccc3)c3cc(C(C)C)ccc3C)ccc2c1-c1ccccc1. The van der Waals surface area contributed by atoms with Crippen molar-refractivity contribution >= 4 is 55.7 Å². The monoisotopic (exact) mass is 1000 g/mol. The topological polar surface area (TPSA) is 6.48 Å². The Morgan fingerprint density at radius 3 is 0.821 bits per heavy atom. The van der Waals surface area contributed by atoms with E-state index in [2.05, 4.69) is 306 Å². The van der Waals surface area contributed by atoms with Gasteiger partial charge in [-0.15, -0.1) is 0 Å². The van der Waals surface area contributed by atoms with Crippen LogP contribution in [0.15, 0.2) is 255 Å². The first kappa shape index (κ1) is 48.4. The first-order valence-corrected chi connectivity index (χ1v) is 27.6. The van der Waals surface area contributed by atoms with Gasteiger partial charge >= 0.3 is 0 Å². The highest BCUT2D eigenvalue weighted by Crippen LogP contribution is 2.66. The summed E-state index contributed by atoms with van der Waals surface area (Å²) in [5.41, 5.74) is 26.9. The van der Waals surface area contributed by atoms with Crippen LogP contribution in [0.1, 0.15) is 61.8 Å². The van der Waals surface area contributed by atoms with Crippen LogP contribution in [0.3, 0.4) is 0 Å². The fraction of sp³-hybridized carbons (Fsp3) is 0.105.